The van der Waals surface area contributed by atoms with E-state index in [2.05, 4.69) is 15.3 Å². The number of carbonyl (C=O) groups is 1. The number of benzene rings is 2. The molecular weight excluding hydrogens is 425 g/mol. The molecule has 8 nitrogen and oxygen atoms in total. The smallest absolute Gasteiger partial charge is 0.288 e. The Morgan fingerprint density at radius 2 is 1.97 bits per heavy atom. The summed E-state index contributed by atoms with van der Waals surface area (Å²) in [5.41, 5.74) is 1.87. The Hall–Kier alpha value is -3.85. The van der Waals surface area contributed by atoms with E-state index in [9.17, 15) is 19.3 Å². The summed E-state index contributed by atoms with van der Waals surface area (Å²) in [4.78, 5) is 31.9. The number of hydrogen-bond donors (Lipinski definition) is 1. The first kappa shape index (κ1) is 20.4. The summed E-state index contributed by atoms with van der Waals surface area (Å²) in [6, 6.07) is 13.5. The normalized spacial score (nSPS) is 10.9. The van der Waals surface area contributed by atoms with Gasteiger partial charge in [-0.2, -0.15) is 0 Å². The van der Waals surface area contributed by atoms with Crippen molar-refractivity contribution in [1.82, 2.24) is 19.9 Å². The molecule has 2 aromatic heterocycles. The summed E-state index contributed by atoms with van der Waals surface area (Å²) in [5, 5.41) is 13.7. The lowest BCUT2D eigenvalue weighted by atomic mass is 10.2. The van der Waals surface area contributed by atoms with Gasteiger partial charge in [-0.25, -0.2) is 14.4 Å². The Morgan fingerprint density at radius 1 is 1.19 bits per heavy atom. The van der Waals surface area contributed by atoms with Crippen molar-refractivity contribution >= 4 is 34.4 Å². The number of pyridine rings is 1. The molecule has 31 heavy (non-hydrogen) atoms. The van der Waals surface area contributed by atoms with Crippen molar-refractivity contribution in [2.45, 2.75) is 13.1 Å². The van der Waals surface area contributed by atoms with Crippen molar-refractivity contribution in [3.05, 3.63) is 98.7 Å². The van der Waals surface area contributed by atoms with E-state index in [1.54, 1.807) is 30.5 Å². The number of nitro groups is 1. The predicted octanol–water partition coefficient (Wildman–Crippen LogP) is 4.11. The number of aromatic nitrogens is 3. The highest BCUT2D eigenvalue weighted by atomic mass is 35.5. The molecule has 0 radical (unpaired) electrons. The van der Waals surface area contributed by atoms with Crippen molar-refractivity contribution in [1.29, 1.82) is 0 Å². The van der Waals surface area contributed by atoms with Crippen LogP contribution in [-0.2, 0) is 13.1 Å². The van der Waals surface area contributed by atoms with E-state index >= 15 is 0 Å². The van der Waals surface area contributed by atoms with Crippen LogP contribution >= 0.6 is 11.6 Å². The largest absolute Gasteiger partial charge is 0.345 e. The molecule has 0 aliphatic rings. The highest BCUT2D eigenvalue weighted by Gasteiger charge is 2.18. The Balaban J connectivity index is 1.60. The second-order valence-corrected chi connectivity index (χ2v) is 7.10. The van der Waals surface area contributed by atoms with Gasteiger partial charge in [0.05, 0.1) is 18.0 Å². The number of nitro benzene ring substituents is 1. The molecule has 156 valence electrons. The minimum absolute atomic E-state index is 0.0475. The lowest BCUT2D eigenvalue weighted by Gasteiger charge is -2.10. The number of halogens is 2. The molecule has 0 aliphatic heterocycles. The lowest BCUT2D eigenvalue weighted by Crippen LogP contribution is -2.25. The van der Waals surface area contributed by atoms with Gasteiger partial charge >= 0.3 is 0 Å². The summed E-state index contributed by atoms with van der Waals surface area (Å²) in [6.07, 6.45) is 1.64. The molecule has 0 fully saturated rings. The molecule has 1 amide bonds. The number of rotatable bonds is 6. The molecule has 0 saturated heterocycles. The number of amides is 1. The van der Waals surface area contributed by atoms with Gasteiger partial charge in [-0.3, -0.25) is 14.9 Å². The molecule has 0 saturated carbocycles. The summed E-state index contributed by atoms with van der Waals surface area (Å²) < 4.78 is 15.1. The van der Waals surface area contributed by atoms with E-state index in [4.69, 9.17) is 11.6 Å². The molecule has 4 aromatic rings. The van der Waals surface area contributed by atoms with E-state index in [1.807, 2.05) is 4.57 Å². The van der Waals surface area contributed by atoms with Gasteiger partial charge in [-0.05, 0) is 42.0 Å². The number of imidazole rings is 1. The fraction of sp³-hybridized carbons (Fsp3) is 0.0952. The lowest BCUT2D eigenvalue weighted by molar-refractivity contribution is -0.384. The Labute approximate surface area is 180 Å². The van der Waals surface area contributed by atoms with E-state index in [0.717, 1.165) is 11.6 Å². The minimum atomic E-state index is -0.646. The van der Waals surface area contributed by atoms with Gasteiger partial charge in [-0.15, -0.1) is 0 Å². The Bertz CT molecular complexity index is 1290. The van der Waals surface area contributed by atoms with Crippen molar-refractivity contribution in [2.24, 2.45) is 0 Å². The van der Waals surface area contributed by atoms with Crippen LogP contribution in [0.15, 0.2) is 60.8 Å². The number of hydrogen-bond acceptors (Lipinski definition) is 5. The van der Waals surface area contributed by atoms with Crippen LogP contribution in [0.25, 0.3) is 11.2 Å². The second-order valence-electron chi connectivity index (χ2n) is 6.69. The highest BCUT2D eigenvalue weighted by Crippen LogP contribution is 2.25. The molecule has 4 rings (SSSR count). The van der Waals surface area contributed by atoms with Crippen LogP contribution in [0.1, 0.15) is 21.7 Å². The molecule has 0 unspecified atom stereocenters. The van der Waals surface area contributed by atoms with Crippen LogP contribution in [0.2, 0.25) is 5.02 Å². The SMILES string of the molecule is O=C(NCc1nc2cccnc2n1Cc1ccc(F)cc1)c1ccc(Cl)c([N+](=O)[O-])c1. The minimum Gasteiger partial charge on any atom is -0.345 e. The van der Waals surface area contributed by atoms with Crippen LogP contribution in [0, 0.1) is 15.9 Å². The third kappa shape index (κ3) is 4.36. The van der Waals surface area contributed by atoms with Gasteiger partial charge in [0.15, 0.2) is 5.65 Å². The first-order valence-corrected chi connectivity index (χ1v) is 9.57. The zero-order valence-electron chi connectivity index (χ0n) is 16.0. The standard InChI is InChI=1S/C21H15ClFN5O3/c22-16-8-5-14(10-18(16)28(30)31)21(29)25-11-19-26-17-2-1-9-24-20(17)27(19)12-13-3-6-15(23)7-4-13/h1-10H,11-12H2,(H,25,29). The van der Waals surface area contributed by atoms with Crippen LogP contribution in [0.5, 0.6) is 0 Å². The van der Waals surface area contributed by atoms with Crippen LogP contribution in [0.4, 0.5) is 10.1 Å². The van der Waals surface area contributed by atoms with Gasteiger partial charge < -0.3 is 9.88 Å². The fourth-order valence-electron chi connectivity index (χ4n) is 3.13. The summed E-state index contributed by atoms with van der Waals surface area (Å²) in [7, 11) is 0. The van der Waals surface area contributed by atoms with E-state index in [-0.39, 0.29) is 28.6 Å². The summed E-state index contributed by atoms with van der Waals surface area (Å²) in [6.45, 7) is 0.443. The second kappa shape index (κ2) is 8.49. The zero-order chi connectivity index (χ0) is 22.0. The van der Waals surface area contributed by atoms with Crippen molar-refractivity contribution < 1.29 is 14.1 Å². The zero-order valence-corrected chi connectivity index (χ0v) is 16.7. The fourth-order valence-corrected chi connectivity index (χ4v) is 3.32. The number of fused-ring (bicyclic) bond motifs is 1. The molecule has 0 atom stereocenters. The molecular formula is C21H15ClFN5O3. The molecule has 0 bridgehead atoms. The average molecular weight is 440 g/mol. The first-order valence-electron chi connectivity index (χ1n) is 9.19. The van der Waals surface area contributed by atoms with Crippen molar-refractivity contribution in [3.63, 3.8) is 0 Å². The van der Waals surface area contributed by atoms with Gasteiger partial charge in [0.25, 0.3) is 11.6 Å². The van der Waals surface area contributed by atoms with E-state index in [1.165, 1.54) is 24.3 Å². The third-order valence-electron chi connectivity index (χ3n) is 4.65. The van der Waals surface area contributed by atoms with Gasteiger partial charge in [0.1, 0.15) is 22.2 Å². The van der Waals surface area contributed by atoms with Gasteiger partial charge in [-0.1, -0.05) is 23.7 Å². The van der Waals surface area contributed by atoms with Crippen LogP contribution in [0.3, 0.4) is 0 Å². The van der Waals surface area contributed by atoms with Crippen LogP contribution in [-0.4, -0.2) is 25.4 Å². The topological polar surface area (TPSA) is 103 Å². The Morgan fingerprint density at radius 3 is 2.71 bits per heavy atom. The molecule has 1 N–H and O–H groups in total. The van der Waals surface area contributed by atoms with Crippen LogP contribution < -0.4 is 5.32 Å². The van der Waals surface area contributed by atoms with Crippen molar-refractivity contribution in [2.75, 3.05) is 0 Å². The first-order chi connectivity index (χ1) is 14.9. The molecule has 2 heterocycles. The summed E-state index contributed by atoms with van der Waals surface area (Å²) >= 11 is 5.80. The Kier molecular flexibility index (Phi) is 5.59. The predicted molar refractivity (Wildman–Crippen MR) is 112 cm³/mol. The van der Waals surface area contributed by atoms with Crippen molar-refractivity contribution in [3.8, 4) is 0 Å². The highest BCUT2D eigenvalue weighted by molar-refractivity contribution is 6.32. The third-order valence-corrected chi connectivity index (χ3v) is 4.97. The quantitative estimate of drug-likeness (QED) is 0.359. The van der Waals surface area contributed by atoms with E-state index < -0.39 is 10.8 Å². The maximum atomic E-state index is 13.2. The number of nitrogens with one attached hydrogen (secondary N) is 1. The molecule has 0 spiro atoms. The van der Waals surface area contributed by atoms with Gasteiger partial charge in [0.2, 0.25) is 0 Å². The number of carbonyl (C=O) groups excluding carboxylic acids is 1. The van der Waals surface area contributed by atoms with Gasteiger partial charge in [0, 0.05) is 17.8 Å². The molecule has 10 heteroatoms. The molecule has 2 aromatic carbocycles. The molecule has 0 aliphatic carbocycles. The maximum Gasteiger partial charge on any atom is 0.288 e. The average Bonchev–Trinajstić information content (AvgIpc) is 3.11. The summed E-state index contributed by atoms with van der Waals surface area (Å²) in [5.74, 6) is -0.301. The monoisotopic (exact) mass is 439 g/mol. The maximum absolute atomic E-state index is 13.2. The number of nitrogens with zero attached hydrogens (tertiary/aromatic N) is 4. The van der Waals surface area contributed by atoms with E-state index in [0.29, 0.717) is 23.5 Å².